The zero-order chi connectivity index (χ0) is 15.5. The molecule has 2 N–H and O–H groups in total. The Kier molecular flexibility index (Phi) is 4.97. The first kappa shape index (κ1) is 15.9. The smallest absolute Gasteiger partial charge is 0.273 e. The second-order valence-corrected chi connectivity index (χ2v) is 7.85. The van der Waals surface area contributed by atoms with Gasteiger partial charge in [0, 0.05) is 11.7 Å². The summed E-state index contributed by atoms with van der Waals surface area (Å²) in [5, 5.41) is 4.03. The highest BCUT2D eigenvalue weighted by Gasteiger charge is 2.17. The van der Waals surface area contributed by atoms with Gasteiger partial charge < -0.3 is 5.32 Å². The van der Waals surface area contributed by atoms with E-state index in [1.807, 2.05) is 32.0 Å². The molecule has 0 aliphatic carbocycles. The zero-order valence-electron chi connectivity index (χ0n) is 12.3. The fourth-order valence-corrected chi connectivity index (χ4v) is 4.12. The van der Waals surface area contributed by atoms with Crippen LogP contribution in [0.1, 0.15) is 30.5 Å². The summed E-state index contributed by atoms with van der Waals surface area (Å²) in [6, 6.07) is 7.58. The van der Waals surface area contributed by atoms with Crippen molar-refractivity contribution in [1.82, 2.24) is 10.3 Å². The fraction of sp³-hybridized carbons (Fsp3) is 0.357. The lowest BCUT2D eigenvalue weighted by molar-refractivity contribution is 0.597. The van der Waals surface area contributed by atoms with Crippen LogP contribution in [0.3, 0.4) is 0 Å². The van der Waals surface area contributed by atoms with Crippen LogP contribution in [0.5, 0.6) is 0 Å². The molecule has 0 saturated heterocycles. The van der Waals surface area contributed by atoms with E-state index in [-0.39, 0.29) is 10.3 Å². The number of hydrogen-bond acceptors (Lipinski definition) is 5. The normalized spacial score (nSPS) is 13.1. The number of benzene rings is 1. The minimum absolute atomic E-state index is 0.171. The molecule has 0 bridgehead atoms. The van der Waals surface area contributed by atoms with Crippen LogP contribution < -0.4 is 10.0 Å². The molecule has 5 nitrogen and oxygen atoms in total. The number of anilines is 1. The molecular formula is C14H19N3O2S2. The minimum Gasteiger partial charge on any atom is -0.310 e. The van der Waals surface area contributed by atoms with E-state index < -0.39 is 10.0 Å². The standard InChI is InChI=1S/C14H19N3O2S2/c1-4-15-10(2)12-6-5-7-13(8-12)17-21(18,19)14-9-16-11(3)20-14/h5-10,15,17H,4H2,1-3H3. The summed E-state index contributed by atoms with van der Waals surface area (Å²) < 4.78 is 27.4. The lowest BCUT2D eigenvalue weighted by atomic mass is 10.1. The average molecular weight is 325 g/mol. The molecule has 0 aliphatic heterocycles. The maximum atomic E-state index is 12.3. The molecule has 1 aromatic carbocycles. The molecule has 0 fully saturated rings. The highest BCUT2D eigenvalue weighted by Crippen LogP contribution is 2.23. The molecule has 0 radical (unpaired) electrons. The van der Waals surface area contributed by atoms with Crippen molar-refractivity contribution < 1.29 is 8.42 Å². The van der Waals surface area contributed by atoms with Crippen LogP contribution in [0.2, 0.25) is 0 Å². The molecule has 21 heavy (non-hydrogen) atoms. The molecule has 0 saturated carbocycles. The molecule has 7 heteroatoms. The van der Waals surface area contributed by atoms with E-state index in [9.17, 15) is 8.42 Å². The number of nitrogens with zero attached hydrogens (tertiary/aromatic N) is 1. The summed E-state index contributed by atoms with van der Waals surface area (Å²) in [6.45, 7) is 6.72. The van der Waals surface area contributed by atoms with Crippen molar-refractivity contribution in [1.29, 1.82) is 0 Å². The third-order valence-electron chi connectivity index (χ3n) is 3.01. The third-order valence-corrected chi connectivity index (χ3v) is 5.77. The number of thiazole rings is 1. The molecular weight excluding hydrogens is 306 g/mol. The van der Waals surface area contributed by atoms with Gasteiger partial charge in [0.25, 0.3) is 10.0 Å². The van der Waals surface area contributed by atoms with Gasteiger partial charge in [-0.15, -0.1) is 11.3 Å². The summed E-state index contributed by atoms with van der Waals surface area (Å²) in [7, 11) is -3.56. The zero-order valence-corrected chi connectivity index (χ0v) is 13.9. The van der Waals surface area contributed by atoms with Crippen molar-refractivity contribution in [3.05, 3.63) is 41.0 Å². The van der Waals surface area contributed by atoms with Crippen LogP contribution in [-0.2, 0) is 10.0 Å². The molecule has 2 rings (SSSR count). The largest absolute Gasteiger partial charge is 0.310 e. The molecule has 1 aromatic heterocycles. The fourth-order valence-electron chi connectivity index (χ4n) is 1.97. The van der Waals surface area contributed by atoms with Crippen molar-refractivity contribution in [2.75, 3.05) is 11.3 Å². The monoisotopic (exact) mass is 325 g/mol. The van der Waals surface area contributed by atoms with E-state index in [0.29, 0.717) is 5.69 Å². The van der Waals surface area contributed by atoms with Gasteiger partial charge in [0.05, 0.1) is 11.2 Å². The van der Waals surface area contributed by atoms with Gasteiger partial charge in [0.1, 0.15) is 0 Å². The Morgan fingerprint density at radius 1 is 1.38 bits per heavy atom. The highest BCUT2D eigenvalue weighted by molar-refractivity contribution is 7.94. The first-order valence-electron chi connectivity index (χ1n) is 6.71. The number of aromatic nitrogens is 1. The van der Waals surface area contributed by atoms with Gasteiger partial charge in [-0.3, -0.25) is 4.72 Å². The lowest BCUT2D eigenvalue weighted by Gasteiger charge is -2.14. The van der Waals surface area contributed by atoms with Crippen molar-refractivity contribution in [3.8, 4) is 0 Å². The van der Waals surface area contributed by atoms with Crippen LogP contribution in [0.15, 0.2) is 34.7 Å². The summed E-state index contributed by atoms with van der Waals surface area (Å²) in [5.74, 6) is 0. The van der Waals surface area contributed by atoms with E-state index in [0.717, 1.165) is 28.5 Å². The predicted molar refractivity (Wildman–Crippen MR) is 86.2 cm³/mol. The Bertz CT molecular complexity index is 711. The Morgan fingerprint density at radius 2 is 2.14 bits per heavy atom. The third kappa shape index (κ3) is 4.03. The van der Waals surface area contributed by atoms with Crippen molar-refractivity contribution in [2.24, 2.45) is 0 Å². The summed E-state index contributed by atoms with van der Waals surface area (Å²) in [4.78, 5) is 3.98. The predicted octanol–water partition coefficient (Wildman–Crippen LogP) is 2.92. The molecule has 1 atom stereocenters. The highest BCUT2D eigenvalue weighted by atomic mass is 32.2. The van der Waals surface area contributed by atoms with Gasteiger partial charge in [-0.25, -0.2) is 13.4 Å². The summed E-state index contributed by atoms with van der Waals surface area (Å²) in [5.41, 5.74) is 1.60. The van der Waals surface area contributed by atoms with Crippen molar-refractivity contribution in [2.45, 2.75) is 31.0 Å². The van der Waals surface area contributed by atoms with Crippen LogP contribution in [0.4, 0.5) is 5.69 Å². The Morgan fingerprint density at radius 3 is 2.76 bits per heavy atom. The maximum Gasteiger partial charge on any atom is 0.273 e. The topological polar surface area (TPSA) is 71.1 Å². The number of nitrogens with one attached hydrogen (secondary N) is 2. The van der Waals surface area contributed by atoms with Gasteiger partial charge in [0.15, 0.2) is 4.21 Å². The maximum absolute atomic E-state index is 12.3. The van der Waals surface area contributed by atoms with E-state index >= 15 is 0 Å². The quantitative estimate of drug-likeness (QED) is 0.856. The van der Waals surface area contributed by atoms with Crippen molar-refractivity contribution >= 4 is 27.0 Å². The van der Waals surface area contributed by atoms with E-state index in [1.165, 1.54) is 6.20 Å². The second kappa shape index (κ2) is 6.55. The molecule has 1 unspecified atom stereocenters. The number of rotatable bonds is 6. The van der Waals surface area contributed by atoms with Crippen LogP contribution in [0.25, 0.3) is 0 Å². The molecule has 0 spiro atoms. The van der Waals surface area contributed by atoms with Crippen LogP contribution >= 0.6 is 11.3 Å². The Hall–Kier alpha value is -1.44. The average Bonchev–Trinajstić information content (AvgIpc) is 2.86. The van der Waals surface area contributed by atoms with Gasteiger partial charge in [-0.05, 0) is 38.1 Å². The first-order valence-corrected chi connectivity index (χ1v) is 9.01. The van der Waals surface area contributed by atoms with Gasteiger partial charge >= 0.3 is 0 Å². The lowest BCUT2D eigenvalue weighted by Crippen LogP contribution is -2.18. The van der Waals surface area contributed by atoms with E-state index in [4.69, 9.17) is 0 Å². The molecule has 0 amide bonds. The molecule has 0 aliphatic rings. The van der Waals surface area contributed by atoms with Gasteiger partial charge in [-0.2, -0.15) is 0 Å². The summed E-state index contributed by atoms with van der Waals surface area (Å²) >= 11 is 1.16. The number of aryl methyl sites for hydroxylation is 1. The Labute approximate surface area is 129 Å². The van der Waals surface area contributed by atoms with E-state index in [2.05, 4.69) is 15.0 Å². The van der Waals surface area contributed by atoms with Gasteiger partial charge in [-0.1, -0.05) is 19.1 Å². The number of hydrogen-bond donors (Lipinski definition) is 2. The van der Waals surface area contributed by atoms with Gasteiger partial charge in [0.2, 0.25) is 0 Å². The molecule has 2 aromatic rings. The first-order chi connectivity index (χ1) is 9.92. The van der Waals surface area contributed by atoms with Crippen LogP contribution in [-0.4, -0.2) is 19.9 Å². The number of sulfonamides is 1. The Balaban J connectivity index is 2.21. The van der Waals surface area contributed by atoms with Crippen molar-refractivity contribution in [3.63, 3.8) is 0 Å². The molecule has 1 heterocycles. The van der Waals surface area contributed by atoms with Crippen LogP contribution in [0, 0.1) is 6.92 Å². The summed E-state index contributed by atoms with van der Waals surface area (Å²) in [6.07, 6.45) is 1.38. The minimum atomic E-state index is -3.56. The van der Waals surface area contributed by atoms with E-state index in [1.54, 1.807) is 13.0 Å². The molecule has 114 valence electrons. The SMILES string of the molecule is CCNC(C)c1cccc(NS(=O)(=O)c2cnc(C)s2)c1. The second-order valence-electron chi connectivity index (χ2n) is 4.71.